The van der Waals surface area contributed by atoms with Crippen molar-refractivity contribution in [3.63, 3.8) is 0 Å². The summed E-state index contributed by atoms with van der Waals surface area (Å²) < 4.78 is 2.16. The molecule has 0 bridgehead atoms. The average molecular weight is 469 g/mol. The number of hydrogen-bond acceptors (Lipinski definition) is 3. The number of nitrogens with one attached hydrogen (secondary N) is 2. The molecule has 3 aromatic rings. The SMILES string of the molecule is CC1C=C(C2(NC(=O)N3CCC4(CCn5nc(-c6cnc7[nH]ccc7c6)cc54)C3)CCC2)C=CC1. The van der Waals surface area contributed by atoms with Crippen molar-refractivity contribution >= 4 is 17.1 Å². The van der Waals surface area contributed by atoms with Crippen LogP contribution in [-0.4, -0.2) is 49.3 Å². The number of fused-ring (bicyclic) bond motifs is 3. The highest BCUT2D eigenvalue weighted by Gasteiger charge is 2.49. The van der Waals surface area contributed by atoms with E-state index in [9.17, 15) is 4.79 Å². The Hall–Kier alpha value is -3.35. The van der Waals surface area contributed by atoms with Crippen LogP contribution < -0.4 is 5.32 Å². The summed E-state index contributed by atoms with van der Waals surface area (Å²) in [6.45, 7) is 4.72. The van der Waals surface area contributed by atoms with Crippen molar-refractivity contribution in [1.82, 2.24) is 30.0 Å². The van der Waals surface area contributed by atoms with Crippen molar-refractivity contribution in [3.05, 3.63) is 60.1 Å². The Kier molecular flexibility index (Phi) is 4.54. The number of hydrogen-bond donors (Lipinski definition) is 2. The van der Waals surface area contributed by atoms with Gasteiger partial charge in [-0.2, -0.15) is 5.10 Å². The predicted octanol–water partition coefficient (Wildman–Crippen LogP) is 4.93. The molecular weight excluding hydrogens is 436 g/mol. The van der Waals surface area contributed by atoms with Gasteiger partial charge in [-0.05, 0) is 68.2 Å². The van der Waals surface area contributed by atoms with Gasteiger partial charge < -0.3 is 15.2 Å². The van der Waals surface area contributed by atoms with E-state index in [0.29, 0.717) is 5.92 Å². The number of pyridine rings is 1. The third-order valence-electron chi connectivity index (χ3n) is 8.84. The summed E-state index contributed by atoms with van der Waals surface area (Å²) in [5.74, 6) is 0.542. The molecule has 2 aliphatic heterocycles. The zero-order valence-electron chi connectivity index (χ0n) is 20.3. The summed E-state index contributed by atoms with van der Waals surface area (Å²) in [4.78, 5) is 23.2. The van der Waals surface area contributed by atoms with Crippen molar-refractivity contribution in [1.29, 1.82) is 0 Å². The fourth-order valence-electron chi connectivity index (χ4n) is 6.60. The molecule has 2 N–H and O–H groups in total. The first-order chi connectivity index (χ1) is 17.0. The number of carbonyl (C=O) groups is 1. The molecule has 7 nitrogen and oxygen atoms in total. The number of urea groups is 1. The molecule has 35 heavy (non-hydrogen) atoms. The summed E-state index contributed by atoms with van der Waals surface area (Å²) in [6, 6.07) is 6.51. The fraction of sp³-hybridized carbons (Fsp3) is 0.464. The lowest BCUT2D eigenvalue weighted by molar-refractivity contribution is 0.173. The van der Waals surface area contributed by atoms with E-state index in [4.69, 9.17) is 5.10 Å². The molecular formula is C28H32N6O. The summed E-state index contributed by atoms with van der Waals surface area (Å²) in [5, 5.41) is 9.49. The lowest BCUT2D eigenvalue weighted by Crippen LogP contribution is -2.58. The third kappa shape index (κ3) is 3.27. The quantitative estimate of drug-likeness (QED) is 0.572. The first-order valence-corrected chi connectivity index (χ1v) is 13.0. The van der Waals surface area contributed by atoms with E-state index < -0.39 is 0 Å². The Morgan fingerprint density at radius 1 is 1.20 bits per heavy atom. The normalized spacial score (nSPS) is 26.7. The highest BCUT2D eigenvalue weighted by atomic mass is 16.2. The Balaban J connectivity index is 1.11. The molecule has 180 valence electrons. The second-order valence-electron chi connectivity index (χ2n) is 11.1. The molecule has 5 heterocycles. The van der Waals surface area contributed by atoms with Gasteiger partial charge in [0.05, 0.1) is 11.2 Å². The van der Waals surface area contributed by atoms with Crippen LogP contribution in [0.5, 0.6) is 0 Å². The van der Waals surface area contributed by atoms with Gasteiger partial charge >= 0.3 is 6.03 Å². The van der Waals surface area contributed by atoms with Crippen molar-refractivity contribution in [3.8, 4) is 11.3 Å². The summed E-state index contributed by atoms with van der Waals surface area (Å²) >= 11 is 0. The standard InChI is InChI=1S/C28H32N6O/c1-19-4-2-5-22(14-19)28(7-3-8-28)31-26(35)33-12-9-27(18-33)10-13-34-24(27)16-23(32-34)21-15-20-6-11-29-25(20)30-17-21/h2,5-6,11,14-17,19H,3-4,7-10,12-13,18H2,1H3,(H,29,30)(H,31,35). The summed E-state index contributed by atoms with van der Waals surface area (Å²) in [7, 11) is 0. The fourth-order valence-corrected chi connectivity index (χ4v) is 6.60. The number of amides is 2. The maximum atomic E-state index is 13.5. The van der Waals surface area contributed by atoms with Gasteiger partial charge in [0, 0.05) is 54.1 Å². The molecule has 1 saturated heterocycles. The Labute approximate surface area is 205 Å². The minimum absolute atomic E-state index is 0.000491. The van der Waals surface area contributed by atoms with Gasteiger partial charge in [-0.15, -0.1) is 0 Å². The molecule has 0 radical (unpaired) electrons. The van der Waals surface area contributed by atoms with Crippen LogP contribution in [0.1, 0.15) is 51.1 Å². The number of carbonyl (C=O) groups excluding carboxylic acids is 1. The Morgan fingerprint density at radius 3 is 2.91 bits per heavy atom. The van der Waals surface area contributed by atoms with Gasteiger partial charge in [0.2, 0.25) is 0 Å². The molecule has 4 aliphatic rings. The van der Waals surface area contributed by atoms with E-state index >= 15 is 0 Å². The van der Waals surface area contributed by atoms with Crippen molar-refractivity contribution in [2.75, 3.05) is 13.1 Å². The largest absolute Gasteiger partial charge is 0.346 e. The predicted molar refractivity (Wildman–Crippen MR) is 136 cm³/mol. The highest BCUT2D eigenvalue weighted by Crippen LogP contribution is 2.45. The van der Waals surface area contributed by atoms with Crippen molar-refractivity contribution in [2.24, 2.45) is 5.92 Å². The number of rotatable bonds is 3. The highest BCUT2D eigenvalue weighted by molar-refractivity contribution is 5.80. The average Bonchev–Trinajstić information content (AvgIpc) is 3.61. The topological polar surface area (TPSA) is 78.8 Å². The van der Waals surface area contributed by atoms with Crippen LogP contribution in [0, 0.1) is 5.92 Å². The molecule has 7 heteroatoms. The van der Waals surface area contributed by atoms with Gasteiger partial charge in [-0.25, -0.2) is 9.78 Å². The summed E-state index contributed by atoms with van der Waals surface area (Å²) in [6.07, 6.45) is 17.1. The number of aryl methyl sites for hydroxylation is 1. The maximum Gasteiger partial charge on any atom is 0.318 e. The minimum atomic E-state index is -0.174. The number of aromatic amines is 1. The van der Waals surface area contributed by atoms with Gasteiger partial charge in [-0.3, -0.25) is 4.68 Å². The Bertz CT molecular complexity index is 1370. The van der Waals surface area contributed by atoms with Gasteiger partial charge in [0.15, 0.2) is 0 Å². The Morgan fingerprint density at radius 2 is 2.09 bits per heavy atom. The number of likely N-dealkylation sites (tertiary alicyclic amines) is 1. The van der Waals surface area contributed by atoms with Crippen LogP contribution in [0.3, 0.4) is 0 Å². The van der Waals surface area contributed by atoms with Crippen LogP contribution >= 0.6 is 0 Å². The lowest BCUT2D eigenvalue weighted by atomic mass is 9.69. The second-order valence-corrected chi connectivity index (χ2v) is 11.1. The first-order valence-electron chi connectivity index (χ1n) is 13.0. The monoisotopic (exact) mass is 468 g/mol. The molecule has 2 atom stereocenters. The molecule has 2 amide bonds. The van der Waals surface area contributed by atoms with E-state index in [0.717, 1.165) is 74.0 Å². The van der Waals surface area contributed by atoms with Crippen LogP contribution in [-0.2, 0) is 12.0 Å². The van der Waals surface area contributed by atoms with Gasteiger partial charge in [0.25, 0.3) is 0 Å². The van der Waals surface area contributed by atoms with Crippen LogP contribution in [0.15, 0.2) is 54.4 Å². The van der Waals surface area contributed by atoms with Crippen molar-refractivity contribution < 1.29 is 4.79 Å². The van der Waals surface area contributed by atoms with E-state index in [1.165, 1.54) is 17.7 Å². The first kappa shape index (κ1) is 21.0. The van der Waals surface area contributed by atoms with Gasteiger partial charge in [-0.1, -0.05) is 25.2 Å². The molecule has 2 fully saturated rings. The number of allylic oxidation sites excluding steroid dienone is 2. The van der Waals surface area contributed by atoms with Crippen LogP contribution in [0.2, 0.25) is 0 Å². The number of nitrogens with zero attached hydrogens (tertiary/aromatic N) is 4. The van der Waals surface area contributed by atoms with E-state index in [1.54, 1.807) is 0 Å². The molecule has 1 spiro atoms. The molecule has 2 unspecified atom stereocenters. The van der Waals surface area contributed by atoms with Gasteiger partial charge in [0.1, 0.15) is 5.65 Å². The zero-order chi connectivity index (χ0) is 23.6. The minimum Gasteiger partial charge on any atom is -0.346 e. The zero-order valence-corrected chi connectivity index (χ0v) is 20.3. The molecule has 1 saturated carbocycles. The molecule has 3 aromatic heterocycles. The number of H-pyrrole nitrogens is 1. The molecule has 2 aliphatic carbocycles. The maximum absolute atomic E-state index is 13.5. The summed E-state index contributed by atoms with van der Waals surface area (Å²) in [5.41, 5.74) is 5.30. The van der Waals surface area contributed by atoms with Crippen molar-refractivity contribution in [2.45, 2.75) is 62.9 Å². The smallest absolute Gasteiger partial charge is 0.318 e. The second kappa shape index (κ2) is 7.57. The molecule has 7 rings (SSSR count). The number of aromatic nitrogens is 4. The van der Waals surface area contributed by atoms with E-state index in [1.807, 2.05) is 23.4 Å². The van der Waals surface area contributed by atoms with E-state index in [2.05, 4.69) is 57.3 Å². The third-order valence-corrected chi connectivity index (χ3v) is 8.84. The van der Waals surface area contributed by atoms with Crippen LogP contribution in [0.4, 0.5) is 4.79 Å². The van der Waals surface area contributed by atoms with E-state index in [-0.39, 0.29) is 17.0 Å². The van der Waals surface area contributed by atoms with Crippen LogP contribution in [0.25, 0.3) is 22.3 Å². The lowest BCUT2D eigenvalue weighted by Gasteiger charge is -2.45. The molecule has 0 aromatic carbocycles.